The minimum atomic E-state index is -3.64. The molecule has 3 rings (SSSR count). The summed E-state index contributed by atoms with van der Waals surface area (Å²) in [5.74, 6) is -0.471. The highest BCUT2D eigenvalue weighted by molar-refractivity contribution is 7.89. The van der Waals surface area contributed by atoms with E-state index in [-0.39, 0.29) is 11.4 Å². The number of benzene rings is 1. The Morgan fingerprint density at radius 2 is 1.96 bits per heavy atom. The summed E-state index contributed by atoms with van der Waals surface area (Å²) in [5.41, 5.74) is 0.862. The zero-order valence-corrected chi connectivity index (χ0v) is 13.6. The predicted molar refractivity (Wildman–Crippen MR) is 87.1 cm³/mol. The van der Waals surface area contributed by atoms with Crippen LogP contribution in [0.15, 0.2) is 58.9 Å². The fourth-order valence-electron chi connectivity index (χ4n) is 2.03. The Hall–Kier alpha value is -2.03. The van der Waals surface area contributed by atoms with Crippen molar-refractivity contribution in [3.63, 3.8) is 0 Å². The topological polar surface area (TPSA) is 64.0 Å². The molecule has 0 saturated carbocycles. The first-order valence-electron chi connectivity index (χ1n) is 6.87. The van der Waals surface area contributed by atoms with Crippen molar-refractivity contribution in [2.75, 3.05) is 6.54 Å². The third kappa shape index (κ3) is 3.84. The molecule has 1 aromatic carbocycles. The molecule has 5 nitrogen and oxygen atoms in total. The van der Waals surface area contributed by atoms with Gasteiger partial charge in [-0.1, -0.05) is 6.07 Å². The smallest absolute Gasteiger partial charge is 0.240 e. The first kappa shape index (κ1) is 15.9. The van der Waals surface area contributed by atoms with E-state index in [1.807, 2.05) is 23.6 Å². The number of aromatic nitrogens is 2. The van der Waals surface area contributed by atoms with Crippen molar-refractivity contribution in [1.29, 1.82) is 0 Å². The molecule has 0 atom stereocenters. The van der Waals surface area contributed by atoms with E-state index in [2.05, 4.69) is 9.82 Å². The predicted octanol–water partition coefficient (Wildman–Crippen LogP) is 2.73. The number of sulfonamides is 1. The highest BCUT2D eigenvalue weighted by Gasteiger charge is 2.13. The summed E-state index contributed by atoms with van der Waals surface area (Å²) >= 11 is 1.60. The zero-order valence-electron chi connectivity index (χ0n) is 12.0. The van der Waals surface area contributed by atoms with E-state index in [0.29, 0.717) is 6.54 Å². The highest BCUT2D eigenvalue weighted by Crippen LogP contribution is 2.22. The fraction of sp³-hybridized carbons (Fsp3) is 0.133. The van der Waals surface area contributed by atoms with E-state index in [9.17, 15) is 12.8 Å². The van der Waals surface area contributed by atoms with E-state index < -0.39 is 15.8 Å². The summed E-state index contributed by atoms with van der Waals surface area (Å²) in [7, 11) is -3.64. The maximum atomic E-state index is 12.8. The van der Waals surface area contributed by atoms with Gasteiger partial charge in [0, 0.05) is 12.7 Å². The minimum Gasteiger partial charge on any atom is -0.271 e. The summed E-state index contributed by atoms with van der Waals surface area (Å²) in [4.78, 5) is 1.11. The van der Waals surface area contributed by atoms with Gasteiger partial charge in [0.25, 0.3) is 0 Å². The third-order valence-corrected chi connectivity index (χ3v) is 5.54. The van der Waals surface area contributed by atoms with Crippen LogP contribution in [0.25, 0.3) is 10.6 Å². The molecule has 120 valence electrons. The van der Waals surface area contributed by atoms with Gasteiger partial charge in [0.1, 0.15) is 11.5 Å². The van der Waals surface area contributed by atoms with Gasteiger partial charge in [-0.05, 0) is 41.8 Å². The first-order valence-corrected chi connectivity index (χ1v) is 9.23. The lowest BCUT2D eigenvalue weighted by molar-refractivity contribution is 0.561. The second kappa shape index (κ2) is 6.61. The zero-order chi connectivity index (χ0) is 16.3. The second-order valence-electron chi connectivity index (χ2n) is 4.79. The summed E-state index contributed by atoms with van der Waals surface area (Å²) in [6.07, 6.45) is 1.81. The Kier molecular flexibility index (Phi) is 4.56. The van der Waals surface area contributed by atoms with Crippen LogP contribution in [0.1, 0.15) is 0 Å². The van der Waals surface area contributed by atoms with E-state index in [4.69, 9.17) is 0 Å². The monoisotopic (exact) mass is 351 g/mol. The van der Waals surface area contributed by atoms with Crippen LogP contribution in [0.3, 0.4) is 0 Å². The van der Waals surface area contributed by atoms with Gasteiger partial charge in [0.15, 0.2) is 0 Å². The Balaban J connectivity index is 1.60. The van der Waals surface area contributed by atoms with Crippen LogP contribution in [0.4, 0.5) is 4.39 Å². The molecule has 0 fully saturated rings. The standard InChI is InChI=1S/C15H14FN3O2S2/c16-12-3-5-13(6-4-12)23(20,21)17-8-10-19-9-7-14(18-19)15-2-1-11-22-15/h1-7,9,11,17H,8,10H2. The van der Waals surface area contributed by atoms with Gasteiger partial charge in [-0.25, -0.2) is 17.5 Å². The Morgan fingerprint density at radius 3 is 2.65 bits per heavy atom. The molecule has 2 aromatic heterocycles. The fourth-order valence-corrected chi connectivity index (χ4v) is 3.75. The van der Waals surface area contributed by atoms with Crippen molar-refractivity contribution in [3.8, 4) is 10.6 Å². The lowest BCUT2D eigenvalue weighted by Gasteiger charge is -2.07. The minimum absolute atomic E-state index is 0.0404. The summed E-state index contributed by atoms with van der Waals surface area (Å²) in [6.45, 7) is 0.608. The molecule has 0 radical (unpaired) electrons. The van der Waals surface area contributed by atoms with Crippen LogP contribution in [0.2, 0.25) is 0 Å². The van der Waals surface area contributed by atoms with Crippen LogP contribution in [0.5, 0.6) is 0 Å². The Labute approximate surface area is 137 Å². The van der Waals surface area contributed by atoms with Gasteiger partial charge >= 0.3 is 0 Å². The quantitative estimate of drug-likeness (QED) is 0.743. The highest BCUT2D eigenvalue weighted by atomic mass is 32.2. The Bertz CT molecular complexity index is 872. The molecule has 8 heteroatoms. The van der Waals surface area contributed by atoms with Crippen LogP contribution in [0, 0.1) is 5.82 Å². The number of thiophene rings is 1. The normalized spacial score (nSPS) is 11.7. The van der Waals surface area contributed by atoms with Crippen molar-refractivity contribution in [3.05, 3.63) is 59.9 Å². The van der Waals surface area contributed by atoms with Gasteiger partial charge in [0.05, 0.1) is 16.3 Å². The number of hydrogen-bond donors (Lipinski definition) is 1. The van der Waals surface area contributed by atoms with Gasteiger partial charge in [0.2, 0.25) is 10.0 Å². The molecule has 0 spiro atoms. The van der Waals surface area contributed by atoms with E-state index in [0.717, 1.165) is 22.7 Å². The number of halogens is 1. The average Bonchev–Trinajstić information content (AvgIpc) is 3.18. The third-order valence-electron chi connectivity index (χ3n) is 3.17. The molecular formula is C15H14FN3O2S2. The molecule has 1 N–H and O–H groups in total. The molecule has 0 unspecified atom stereocenters. The lowest BCUT2D eigenvalue weighted by Crippen LogP contribution is -2.27. The van der Waals surface area contributed by atoms with Gasteiger partial charge in [-0.2, -0.15) is 5.10 Å². The molecular weight excluding hydrogens is 337 g/mol. The molecule has 3 aromatic rings. The molecule has 0 aliphatic heterocycles. The van der Waals surface area contributed by atoms with Crippen molar-refractivity contribution < 1.29 is 12.8 Å². The van der Waals surface area contributed by atoms with Gasteiger partial charge in [-0.3, -0.25) is 4.68 Å². The molecule has 0 aliphatic carbocycles. The van der Waals surface area contributed by atoms with Crippen molar-refractivity contribution in [1.82, 2.24) is 14.5 Å². The molecule has 23 heavy (non-hydrogen) atoms. The second-order valence-corrected chi connectivity index (χ2v) is 7.51. The molecule has 2 heterocycles. The van der Waals surface area contributed by atoms with Crippen molar-refractivity contribution in [2.45, 2.75) is 11.4 Å². The van der Waals surface area contributed by atoms with Crippen LogP contribution < -0.4 is 4.72 Å². The molecule has 0 bridgehead atoms. The summed E-state index contributed by atoms with van der Waals surface area (Å²) in [5, 5.41) is 6.38. The Morgan fingerprint density at radius 1 is 1.17 bits per heavy atom. The number of nitrogens with one attached hydrogen (secondary N) is 1. The van der Waals surface area contributed by atoms with Gasteiger partial charge < -0.3 is 0 Å². The van der Waals surface area contributed by atoms with Crippen molar-refractivity contribution in [2.24, 2.45) is 0 Å². The van der Waals surface area contributed by atoms with Crippen LogP contribution in [-0.4, -0.2) is 24.7 Å². The van der Waals surface area contributed by atoms with Gasteiger partial charge in [-0.15, -0.1) is 11.3 Å². The largest absolute Gasteiger partial charge is 0.271 e. The maximum Gasteiger partial charge on any atom is 0.240 e. The first-order chi connectivity index (χ1) is 11.0. The van der Waals surface area contributed by atoms with Crippen LogP contribution >= 0.6 is 11.3 Å². The van der Waals surface area contributed by atoms with E-state index >= 15 is 0 Å². The van der Waals surface area contributed by atoms with E-state index in [1.54, 1.807) is 22.2 Å². The molecule has 0 aliphatic rings. The van der Waals surface area contributed by atoms with E-state index in [1.165, 1.54) is 12.1 Å². The SMILES string of the molecule is O=S(=O)(NCCn1ccc(-c2cccs2)n1)c1ccc(F)cc1. The summed E-state index contributed by atoms with van der Waals surface area (Å²) in [6, 6.07) is 10.5. The molecule has 0 saturated heterocycles. The average molecular weight is 351 g/mol. The number of rotatable bonds is 6. The summed E-state index contributed by atoms with van der Waals surface area (Å²) < 4.78 is 41.1. The maximum absolute atomic E-state index is 12.8. The van der Waals surface area contributed by atoms with Crippen molar-refractivity contribution >= 4 is 21.4 Å². The van der Waals surface area contributed by atoms with Crippen LogP contribution in [-0.2, 0) is 16.6 Å². The molecule has 0 amide bonds. The number of hydrogen-bond acceptors (Lipinski definition) is 4. The lowest BCUT2D eigenvalue weighted by atomic mass is 10.3. The number of nitrogens with zero attached hydrogens (tertiary/aromatic N) is 2.